The number of aryl methyl sites for hydroxylation is 2. The largest absolute Gasteiger partial charge is 0.331 e. The minimum atomic E-state index is -0.0557. The van der Waals surface area contributed by atoms with Crippen LogP contribution in [0.15, 0.2) is 12.4 Å². The molecular formula is C14H18ClN5O. The molecule has 2 aromatic rings. The standard InChI is InChI=1S/C14H18ClN5O/c1-9-12(13(15)18-17-9)14(21)20-6-4-3-5-11(20)10-7-16-19(2)8-10/h7-8,11H,3-6H2,1-2H3,(H,17,18). The Bertz CT molecular complexity index is 643. The zero-order valence-corrected chi connectivity index (χ0v) is 12.9. The van der Waals surface area contributed by atoms with Crippen LogP contribution < -0.4 is 0 Å². The van der Waals surface area contributed by atoms with Gasteiger partial charge in [0.1, 0.15) is 0 Å². The maximum Gasteiger partial charge on any atom is 0.259 e. The maximum atomic E-state index is 12.8. The molecule has 3 heterocycles. The van der Waals surface area contributed by atoms with Crippen LogP contribution in [0.25, 0.3) is 0 Å². The Kier molecular flexibility index (Phi) is 3.71. The molecule has 3 rings (SSSR count). The van der Waals surface area contributed by atoms with Gasteiger partial charge in [0, 0.05) is 31.0 Å². The van der Waals surface area contributed by atoms with E-state index in [4.69, 9.17) is 11.6 Å². The number of H-pyrrole nitrogens is 1. The maximum absolute atomic E-state index is 12.8. The predicted octanol–water partition coefficient (Wildman–Crippen LogP) is 2.47. The lowest BCUT2D eigenvalue weighted by molar-refractivity contribution is 0.0611. The summed E-state index contributed by atoms with van der Waals surface area (Å²) in [5, 5.41) is 11.1. The number of likely N-dealkylation sites (tertiary alicyclic amines) is 1. The monoisotopic (exact) mass is 307 g/mol. The normalized spacial score (nSPS) is 19.0. The Morgan fingerprint density at radius 3 is 2.90 bits per heavy atom. The van der Waals surface area contributed by atoms with Crippen LogP contribution in [0.5, 0.6) is 0 Å². The smallest absolute Gasteiger partial charge is 0.259 e. The van der Waals surface area contributed by atoms with Gasteiger partial charge in [-0.25, -0.2) is 0 Å². The van der Waals surface area contributed by atoms with Gasteiger partial charge in [-0.3, -0.25) is 14.6 Å². The molecule has 0 saturated carbocycles. The molecule has 1 aliphatic rings. The van der Waals surface area contributed by atoms with Gasteiger partial charge >= 0.3 is 0 Å². The fourth-order valence-electron chi connectivity index (χ4n) is 2.93. The van der Waals surface area contributed by atoms with Gasteiger partial charge in [-0.2, -0.15) is 10.2 Å². The van der Waals surface area contributed by atoms with Crippen molar-refractivity contribution in [2.75, 3.05) is 6.54 Å². The third-order valence-electron chi connectivity index (χ3n) is 3.99. The first-order valence-electron chi connectivity index (χ1n) is 7.08. The number of amides is 1. The van der Waals surface area contributed by atoms with E-state index in [2.05, 4.69) is 15.3 Å². The van der Waals surface area contributed by atoms with Gasteiger partial charge in [-0.05, 0) is 26.2 Å². The molecule has 0 aliphatic carbocycles. The highest BCUT2D eigenvalue weighted by atomic mass is 35.5. The summed E-state index contributed by atoms with van der Waals surface area (Å²) in [5.41, 5.74) is 2.26. The van der Waals surface area contributed by atoms with E-state index in [1.807, 2.05) is 31.3 Å². The summed E-state index contributed by atoms with van der Waals surface area (Å²) in [7, 11) is 1.88. The lowest BCUT2D eigenvalue weighted by atomic mass is 9.96. The molecule has 1 saturated heterocycles. The molecule has 0 bridgehead atoms. The summed E-state index contributed by atoms with van der Waals surface area (Å²) >= 11 is 6.05. The van der Waals surface area contributed by atoms with Crippen molar-refractivity contribution in [3.05, 3.63) is 34.4 Å². The molecule has 0 aromatic carbocycles. The van der Waals surface area contributed by atoms with E-state index in [9.17, 15) is 4.79 Å². The van der Waals surface area contributed by atoms with Crippen molar-refractivity contribution in [2.24, 2.45) is 7.05 Å². The topological polar surface area (TPSA) is 66.8 Å². The van der Waals surface area contributed by atoms with E-state index in [-0.39, 0.29) is 17.1 Å². The van der Waals surface area contributed by atoms with Crippen LogP contribution >= 0.6 is 11.6 Å². The predicted molar refractivity (Wildman–Crippen MR) is 79.2 cm³/mol. The molecule has 112 valence electrons. The van der Waals surface area contributed by atoms with Gasteiger partial charge in [-0.1, -0.05) is 11.6 Å². The van der Waals surface area contributed by atoms with E-state index < -0.39 is 0 Å². The molecule has 1 fully saturated rings. The first-order chi connectivity index (χ1) is 10.1. The molecule has 7 heteroatoms. The highest BCUT2D eigenvalue weighted by Gasteiger charge is 2.32. The SMILES string of the molecule is Cc1[nH]nc(Cl)c1C(=O)N1CCCCC1c1cnn(C)c1. The van der Waals surface area contributed by atoms with Crippen molar-refractivity contribution >= 4 is 17.5 Å². The summed E-state index contributed by atoms with van der Waals surface area (Å²) in [6.07, 6.45) is 6.88. The van der Waals surface area contributed by atoms with Crippen LogP contribution in [-0.2, 0) is 7.05 Å². The van der Waals surface area contributed by atoms with Crippen LogP contribution in [0.2, 0.25) is 5.15 Å². The molecule has 2 aromatic heterocycles. The van der Waals surface area contributed by atoms with E-state index >= 15 is 0 Å². The van der Waals surface area contributed by atoms with Crippen molar-refractivity contribution in [3.8, 4) is 0 Å². The first kappa shape index (κ1) is 14.1. The zero-order valence-electron chi connectivity index (χ0n) is 12.1. The Morgan fingerprint density at radius 2 is 2.29 bits per heavy atom. The van der Waals surface area contributed by atoms with Crippen molar-refractivity contribution in [3.63, 3.8) is 0 Å². The summed E-state index contributed by atoms with van der Waals surface area (Å²) in [4.78, 5) is 14.7. The van der Waals surface area contributed by atoms with Gasteiger partial charge in [0.25, 0.3) is 5.91 Å². The number of carbonyl (C=O) groups is 1. The molecule has 1 amide bonds. The van der Waals surface area contributed by atoms with Crippen molar-refractivity contribution in [1.29, 1.82) is 0 Å². The van der Waals surface area contributed by atoms with Crippen molar-refractivity contribution in [1.82, 2.24) is 24.9 Å². The number of carbonyl (C=O) groups excluding carboxylic acids is 1. The molecule has 1 aliphatic heterocycles. The number of piperidine rings is 1. The number of aromatic nitrogens is 4. The Labute approximate surface area is 128 Å². The second-order valence-electron chi connectivity index (χ2n) is 5.47. The fourth-order valence-corrected chi connectivity index (χ4v) is 3.19. The second-order valence-corrected chi connectivity index (χ2v) is 5.83. The van der Waals surface area contributed by atoms with E-state index in [1.165, 1.54) is 0 Å². The van der Waals surface area contributed by atoms with Crippen molar-refractivity contribution < 1.29 is 4.79 Å². The van der Waals surface area contributed by atoms with E-state index in [0.29, 0.717) is 11.3 Å². The summed E-state index contributed by atoms with van der Waals surface area (Å²) in [5.74, 6) is -0.0557. The average Bonchev–Trinajstić information content (AvgIpc) is 3.05. The number of rotatable bonds is 2. The van der Waals surface area contributed by atoms with Crippen molar-refractivity contribution in [2.45, 2.75) is 32.2 Å². The lowest BCUT2D eigenvalue weighted by Gasteiger charge is -2.35. The molecular weight excluding hydrogens is 290 g/mol. The molecule has 1 unspecified atom stereocenters. The number of hydrogen-bond donors (Lipinski definition) is 1. The van der Waals surface area contributed by atoms with Crippen LogP contribution in [0.3, 0.4) is 0 Å². The van der Waals surface area contributed by atoms with Crippen LogP contribution in [0.4, 0.5) is 0 Å². The second kappa shape index (κ2) is 5.52. The summed E-state index contributed by atoms with van der Waals surface area (Å²) in [6.45, 7) is 2.55. The zero-order chi connectivity index (χ0) is 15.0. The van der Waals surface area contributed by atoms with Gasteiger partial charge in [0.2, 0.25) is 0 Å². The summed E-state index contributed by atoms with van der Waals surface area (Å²) in [6, 6.07) is 0.0605. The third-order valence-corrected chi connectivity index (χ3v) is 4.26. The van der Waals surface area contributed by atoms with E-state index in [1.54, 1.807) is 4.68 Å². The highest BCUT2D eigenvalue weighted by Crippen LogP contribution is 2.33. The third kappa shape index (κ3) is 2.55. The summed E-state index contributed by atoms with van der Waals surface area (Å²) < 4.78 is 1.77. The first-order valence-corrected chi connectivity index (χ1v) is 7.45. The molecule has 6 nitrogen and oxygen atoms in total. The van der Waals surface area contributed by atoms with E-state index in [0.717, 1.165) is 31.4 Å². The number of nitrogens with one attached hydrogen (secondary N) is 1. The molecule has 21 heavy (non-hydrogen) atoms. The van der Waals surface area contributed by atoms with Crippen LogP contribution in [-0.4, -0.2) is 37.3 Å². The number of aromatic amines is 1. The lowest BCUT2D eigenvalue weighted by Crippen LogP contribution is -2.38. The highest BCUT2D eigenvalue weighted by molar-refractivity contribution is 6.32. The van der Waals surface area contributed by atoms with Gasteiger partial charge in [0.05, 0.1) is 17.8 Å². The minimum Gasteiger partial charge on any atom is -0.331 e. The molecule has 0 radical (unpaired) electrons. The van der Waals surface area contributed by atoms with Gasteiger partial charge in [-0.15, -0.1) is 0 Å². The number of halogens is 1. The molecule has 1 N–H and O–H groups in total. The number of hydrogen-bond acceptors (Lipinski definition) is 3. The Hall–Kier alpha value is -1.82. The van der Waals surface area contributed by atoms with Gasteiger partial charge < -0.3 is 4.90 Å². The molecule has 1 atom stereocenters. The quantitative estimate of drug-likeness (QED) is 0.927. The van der Waals surface area contributed by atoms with Crippen LogP contribution in [0.1, 0.15) is 46.9 Å². The van der Waals surface area contributed by atoms with Crippen LogP contribution in [0, 0.1) is 6.92 Å². The Balaban J connectivity index is 1.93. The Morgan fingerprint density at radius 1 is 1.48 bits per heavy atom. The molecule has 0 spiro atoms. The minimum absolute atomic E-state index is 0.0557. The number of nitrogens with zero attached hydrogens (tertiary/aromatic N) is 4. The van der Waals surface area contributed by atoms with Gasteiger partial charge in [0.15, 0.2) is 5.15 Å². The fraction of sp³-hybridized carbons (Fsp3) is 0.500. The average molecular weight is 308 g/mol.